The number of hydrogen-bond acceptors (Lipinski definition) is 2. The number of aryl methyl sites for hydroxylation is 1. The number of unbranched alkanes of at least 4 members (excludes halogenated alkanes) is 3. The summed E-state index contributed by atoms with van der Waals surface area (Å²) >= 11 is 0. The highest BCUT2D eigenvalue weighted by atomic mass is 15.2. The minimum atomic E-state index is 0.705. The van der Waals surface area contributed by atoms with Gasteiger partial charge in [0.25, 0.3) is 0 Å². The number of para-hydroxylation sites is 1. The molecule has 0 saturated heterocycles. The average molecular weight is 286 g/mol. The van der Waals surface area contributed by atoms with E-state index in [1.54, 1.807) is 5.56 Å². The van der Waals surface area contributed by atoms with E-state index in [1.165, 1.54) is 70.1 Å². The zero-order chi connectivity index (χ0) is 14.5. The second-order valence-corrected chi connectivity index (χ2v) is 6.85. The van der Waals surface area contributed by atoms with Crippen LogP contribution in [0, 0.1) is 0 Å². The maximum absolute atomic E-state index is 3.61. The van der Waals surface area contributed by atoms with Crippen LogP contribution in [0.2, 0.25) is 0 Å². The van der Waals surface area contributed by atoms with Gasteiger partial charge >= 0.3 is 0 Å². The number of hydrogen-bond donors (Lipinski definition) is 1. The Hall–Kier alpha value is -1.02. The molecule has 2 aliphatic rings. The number of rotatable bonds is 8. The summed E-state index contributed by atoms with van der Waals surface area (Å²) in [5.74, 6) is 0. The molecule has 3 rings (SSSR count). The third-order valence-electron chi connectivity index (χ3n) is 5.00. The smallest absolute Gasteiger partial charge is 0.0401 e. The second-order valence-electron chi connectivity index (χ2n) is 6.85. The van der Waals surface area contributed by atoms with Gasteiger partial charge in [0.1, 0.15) is 0 Å². The van der Waals surface area contributed by atoms with E-state index in [4.69, 9.17) is 0 Å². The quantitative estimate of drug-likeness (QED) is 0.723. The molecule has 1 aromatic carbocycles. The fourth-order valence-electron chi connectivity index (χ4n) is 3.46. The third-order valence-corrected chi connectivity index (χ3v) is 5.00. The Morgan fingerprint density at radius 3 is 2.71 bits per heavy atom. The first-order valence-corrected chi connectivity index (χ1v) is 8.92. The van der Waals surface area contributed by atoms with E-state index >= 15 is 0 Å². The molecule has 2 nitrogen and oxygen atoms in total. The fraction of sp³-hybridized carbons (Fsp3) is 0.684. The molecule has 1 aromatic rings. The van der Waals surface area contributed by atoms with Crippen molar-refractivity contribution in [1.82, 2.24) is 5.32 Å². The van der Waals surface area contributed by atoms with Gasteiger partial charge < -0.3 is 10.2 Å². The standard InChI is InChI=1S/C19H30N2/c1-16-10-11-17-8-4-5-9-19(17)21(16)15-7-3-2-6-14-20-18-12-13-18/h4-5,8-9,16,18,20H,2-3,6-7,10-15H2,1H3. The van der Waals surface area contributed by atoms with Crippen molar-refractivity contribution >= 4 is 5.69 Å². The molecule has 1 atom stereocenters. The van der Waals surface area contributed by atoms with Crippen LogP contribution in [0.4, 0.5) is 5.69 Å². The SMILES string of the molecule is CC1CCc2ccccc2N1CCCCCCNC1CC1. The molecule has 116 valence electrons. The number of benzene rings is 1. The number of fused-ring (bicyclic) bond motifs is 1. The molecule has 21 heavy (non-hydrogen) atoms. The number of nitrogens with zero attached hydrogens (tertiary/aromatic N) is 1. The highest BCUT2D eigenvalue weighted by molar-refractivity contribution is 5.56. The highest BCUT2D eigenvalue weighted by Crippen LogP contribution is 2.30. The van der Waals surface area contributed by atoms with E-state index in [1.807, 2.05) is 0 Å². The lowest BCUT2D eigenvalue weighted by Crippen LogP contribution is -2.37. The van der Waals surface area contributed by atoms with Gasteiger partial charge in [-0.15, -0.1) is 0 Å². The van der Waals surface area contributed by atoms with Crippen LogP contribution in [0.3, 0.4) is 0 Å². The molecule has 1 heterocycles. The third kappa shape index (κ3) is 4.23. The zero-order valence-corrected chi connectivity index (χ0v) is 13.5. The maximum Gasteiger partial charge on any atom is 0.0401 e. The predicted molar refractivity (Wildman–Crippen MR) is 91.1 cm³/mol. The Kier molecular flexibility index (Phi) is 5.18. The molecule has 2 heteroatoms. The summed E-state index contributed by atoms with van der Waals surface area (Å²) in [5, 5.41) is 3.61. The first-order chi connectivity index (χ1) is 10.3. The molecule has 1 aliphatic heterocycles. The Balaban J connectivity index is 1.37. The van der Waals surface area contributed by atoms with E-state index in [0.717, 1.165) is 6.04 Å². The van der Waals surface area contributed by atoms with Crippen LogP contribution < -0.4 is 10.2 Å². The van der Waals surface area contributed by atoms with Crippen molar-refractivity contribution in [2.24, 2.45) is 0 Å². The Morgan fingerprint density at radius 1 is 1.05 bits per heavy atom. The maximum atomic E-state index is 3.61. The summed E-state index contributed by atoms with van der Waals surface area (Å²) in [5.41, 5.74) is 3.04. The van der Waals surface area contributed by atoms with Gasteiger partial charge in [0, 0.05) is 24.3 Å². The molecule has 1 fully saturated rings. The van der Waals surface area contributed by atoms with E-state index in [9.17, 15) is 0 Å². The summed E-state index contributed by atoms with van der Waals surface area (Å²) in [7, 11) is 0. The minimum Gasteiger partial charge on any atom is -0.369 e. The summed E-state index contributed by atoms with van der Waals surface area (Å²) < 4.78 is 0. The van der Waals surface area contributed by atoms with E-state index < -0.39 is 0 Å². The van der Waals surface area contributed by atoms with E-state index in [-0.39, 0.29) is 0 Å². The minimum absolute atomic E-state index is 0.705. The van der Waals surface area contributed by atoms with Crippen molar-refractivity contribution in [2.45, 2.75) is 70.4 Å². The average Bonchev–Trinajstić information content (AvgIpc) is 3.32. The van der Waals surface area contributed by atoms with Gasteiger partial charge in [-0.05, 0) is 63.6 Å². The molecule has 1 unspecified atom stereocenters. The summed E-state index contributed by atoms with van der Waals surface area (Å²) in [6, 6.07) is 10.6. The van der Waals surface area contributed by atoms with Gasteiger partial charge in [0.2, 0.25) is 0 Å². The molecule has 0 radical (unpaired) electrons. The Bertz CT molecular complexity index is 439. The van der Waals surface area contributed by atoms with E-state index in [0.29, 0.717) is 6.04 Å². The Labute approximate surface area is 129 Å². The van der Waals surface area contributed by atoms with Crippen LogP contribution in [0.1, 0.15) is 57.4 Å². The zero-order valence-electron chi connectivity index (χ0n) is 13.5. The van der Waals surface area contributed by atoms with Crippen LogP contribution >= 0.6 is 0 Å². The lowest BCUT2D eigenvalue weighted by molar-refractivity contribution is 0.529. The highest BCUT2D eigenvalue weighted by Gasteiger charge is 2.22. The van der Waals surface area contributed by atoms with Crippen LogP contribution in [-0.2, 0) is 6.42 Å². The van der Waals surface area contributed by atoms with Gasteiger partial charge in [-0.2, -0.15) is 0 Å². The topological polar surface area (TPSA) is 15.3 Å². The largest absolute Gasteiger partial charge is 0.369 e. The second kappa shape index (κ2) is 7.31. The monoisotopic (exact) mass is 286 g/mol. The van der Waals surface area contributed by atoms with Crippen LogP contribution in [0.25, 0.3) is 0 Å². The van der Waals surface area contributed by atoms with Crippen molar-refractivity contribution in [2.75, 3.05) is 18.0 Å². The Morgan fingerprint density at radius 2 is 1.86 bits per heavy atom. The van der Waals surface area contributed by atoms with Crippen LogP contribution in [0.5, 0.6) is 0 Å². The van der Waals surface area contributed by atoms with Gasteiger partial charge in [0.05, 0.1) is 0 Å². The fourth-order valence-corrected chi connectivity index (χ4v) is 3.46. The molecule has 1 N–H and O–H groups in total. The van der Waals surface area contributed by atoms with Crippen LogP contribution in [0.15, 0.2) is 24.3 Å². The van der Waals surface area contributed by atoms with Crippen molar-refractivity contribution in [3.8, 4) is 0 Å². The summed E-state index contributed by atoms with van der Waals surface area (Å²) in [6.07, 6.45) is 10.8. The molecule has 1 aliphatic carbocycles. The summed E-state index contributed by atoms with van der Waals surface area (Å²) in [6.45, 7) is 4.84. The molecule has 0 spiro atoms. The van der Waals surface area contributed by atoms with Crippen molar-refractivity contribution in [1.29, 1.82) is 0 Å². The molecule has 0 amide bonds. The number of anilines is 1. The van der Waals surface area contributed by atoms with Gasteiger partial charge in [-0.25, -0.2) is 0 Å². The molecule has 1 saturated carbocycles. The molecule has 0 aromatic heterocycles. The van der Waals surface area contributed by atoms with Gasteiger partial charge in [-0.3, -0.25) is 0 Å². The predicted octanol–water partition coefficient (Wildman–Crippen LogP) is 4.14. The van der Waals surface area contributed by atoms with Gasteiger partial charge in [-0.1, -0.05) is 31.0 Å². The van der Waals surface area contributed by atoms with Crippen molar-refractivity contribution < 1.29 is 0 Å². The van der Waals surface area contributed by atoms with Crippen molar-refractivity contribution in [3.05, 3.63) is 29.8 Å². The van der Waals surface area contributed by atoms with E-state index in [2.05, 4.69) is 41.4 Å². The first-order valence-electron chi connectivity index (χ1n) is 8.92. The molecular formula is C19H30N2. The lowest BCUT2D eigenvalue weighted by atomic mass is 9.96. The van der Waals surface area contributed by atoms with Gasteiger partial charge in [0.15, 0.2) is 0 Å². The lowest BCUT2D eigenvalue weighted by Gasteiger charge is -2.37. The summed E-state index contributed by atoms with van der Waals surface area (Å²) in [4.78, 5) is 2.64. The molecular weight excluding hydrogens is 256 g/mol. The first kappa shape index (κ1) is 14.9. The molecule has 0 bridgehead atoms. The number of nitrogens with one attached hydrogen (secondary N) is 1. The normalized spacial score (nSPS) is 21.4. The van der Waals surface area contributed by atoms with Crippen LogP contribution in [-0.4, -0.2) is 25.2 Å². The van der Waals surface area contributed by atoms with Crippen molar-refractivity contribution in [3.63, 3.8) is 0 Å².